The fourth-order valence-electron chi connectivity index (χ4n) is 1.65. The lowest BCUT2D eigenvalue weighted by Gasteiger charge is -2.15. The first-order valence-corrected chi connectivity index (χ1v) is 6.78. The van der Waals surface area contributed by atoms with Gasteiger partial charge in [0.1, 0.15) is 5.82 Å². The molecule has 0 saturated heterocycles. The van der Waals surface area contributed by atoms with Gasteiger partial charge in [-0.3, -0.25) is 0 Å². The Morgan fingerprint density at radius 3 is 2.65 bits per heavy atom. The summed E-state index contributed by atoms with van der Waals surface area (Å²) in [4.78, 5) is -0.0720. The van der Waals surface area contributed by atoms with Crippen molar-refractivity contribution in [3.8, 4) is 0 Å². The van der Waals surface area contributed by atoms with Gasteiger partial charge in [-0.15, -0.1) is 0 Å². The molecular formula is C11H14FNO3S. The van der Waals surface area contributed by atoms with Crippen LogP contribution in [0.1, 0.15) is 18.4 Å². The van der Waals surface area contributed by atoms with Crippen LogP contribution in [0.4, 0.5) is 4.39 Å². The van der Waals surface area contributed by atoms with E-state index in [-0.39, 0.29) is 11.5 Å². The summed E-state index contributed by atoms with van der Waals surface area (Å²) in [5.41, 5.74) is -0.259. The third-order valence-electron chi connectivity index (χ3n) is 2.95. The molecule has 2 N–H and O–H groups in total. The van der Waals surface area contributed by atoms with Crippen LogP contribution in [0.3, 0.4) is 0 Å². The van der Waals surface area contributed by atoms with Crippen molar-refractivity contribution in [3.63, 3.8) is 0 Å². The molecule has 0 aromatic heterocycles. The van der Waals surface area contributed by atoms with Gasteiger partial charge in [0.2, 0.25) is 10.0 Å². The second kappa shape index (κ2) is 4.04. The minimum absolute atomic E-state index is 0.0720. The second-order valence-electron chi connectivity index (χ2n) is 4.45. The Bertz CT molecular complexity index is 538. The van der Waals surface area contributed by atoms with E-state index < -0.39 is 21.4 Å². The lowest BCUT2D eigenvalue weighted by Crippen LogP contribution is -2.39. The minimum atomic E-state index is -3.77. The van der Waals surface area contributed by atoms with E-state index in [1.807, 2.05) is 0 Å². The highest BCUT2D eigenvalue weighted by molar-refractivity contribution is 7.89. The van der Waals surface area contributed by atoms with Gasteiger partial charge in [0.15, 0.2) is 0 Å². The molecule has 0 atom stereocenters. The van der Waals surface area contributed by atoms with Crippen LogP contribution in [0.2, 0.25) is 0 Å². The summed E-state index contributed by atoms with van der Waals surface area (Å²) in [6.45, 7) is 1.37. The largest absolute Gasteiger partial charge is 0.394 e. The van der Waals surface area contributed by atoms with E-state index in [2.05, 4.69) is 4.72 Å². The smallest absolute Gasteiger partial charge is 0.241 e. The molecule has 1 aliphatic carbocycles. The number of nitrogens with one attached hydrogen (secondary N) is 1. The van der Waals surface area contributed by atoms with Gasteiger partial charge >= 0.3 is 0 Å². The highest BCUT2D eigenvalue weighted by Gasteiger charge is 2.45. The van der Waals surface area contributed by atoms with Crippen LogP contribution in [0.25, 0.3) is 0 Å². The zero-order valence-electron chi connectivity index (χ0n) is 9.40. The van der Waals surface area contributed by atoms with E-state index in [0.717, 1.165) is 6.07 Å². The minimum Gasteiger partial charge on any atom is -0.394 e. The Kier molecular flexibility index (Phi) is 2.97. The number of aliphatic hydroxyl groups excluding tert-OH is 1. The molecule has 4 nitrogen and oxygen atoms in total. The molecule has 6 heteroatoms. The molecule has 0 unspecified atom stereocenters. The Morgan fingerprint density at radius 2 is 2.12 bits per heavy atom. The average molecular weight is 259 g/mol. The first kappa shape index (κ1) is 12.5. The monoisotopic (exact) mass is 259 g/mol. The van der Waals surface area contributed by atoms with Crippen molar-refractivity contribution >= 4 is 10.0 Å². The molecule has 1 fully saturated rings. The van der Waals surface area contributed by atoms with Gasteiger partial charge in [0.05, 0.1) is 17.0 Å². The zero-order chi connectivity index (χ0) is 12.7. The van der Waals surface area contributed by atoms with Crippen molar-refractivity contribution in [1.82, 2.24) is 4.72 Å². The maximum atomic E-state index is 13.1. The van der Waals surface area contributed by atoms with Gasteiger partial charge in [-0.25, -0.2) is 17.5 Å². The number of aliphatic hydroxyl groups is 1. The molecule has 1 aliphatic rings. The number of rotatable bonds is 4. The van der Waals surface area contributed by atoms with Crippen LogP contribution in [-0.4, -0.2) is 25.7 Å². The predicted octanol–water partition coefficient (Wildman–Crippen LogP) is 0.937. The van der Waals surface area contributed by atoms with Gasteiger partial charge in [-0.05, 0) is 37.5 Å². The van der Waals surface area contributed by atoms with Crippen LogP contribution in [0.5, 0.6) is 0 Å². The summed E-state index contributed by atoms with van der Waals surface area (Å²) in [6.07, 6.45) is 1.22. The highest BCUT2D eigenvalue weighted by atomic mass is 32.2. The van der Waals surface area contributed by atoms with Crippen molar-refractivity contribution in [2.75, 3.05) is 6.61 Å². The number of hydrogen-bond acceptors (Lipinski definition) is 3. The molecule has 94 valence electrons. The van der Waals surface area contributed by atoms with Gasteiger partial charge in [0.25, 0.3) is 0 Å². The average Bonchev–Trinajstić information content (AvgIpc) is 3.01. The van der Waals surface area contributed by atoms with Crippen LogP contribution in [-0.2, 0) is 10.0 Å². The maximum absolute atomic E-state index is 13.1. The summed E-state index contributed by atoms with van der Waals surface area (Å²) in [5, 5.41) is 9.09. The topological polar surface area (TPSA) is 66.4 Å². The quantitative estimate of drug-likeness (QED) is 0.845. The van der Waals surface area contributed by atoms with Crippen molar-refractivity contribution in [1.29, 1.82) is 0 Å². The Hall–Kier alpha value is -0.980. The molecule has 0 bridgehead atoms. The van der Waals surface area contributed by atoms with Gasteiger partial charge in [-0.1, -0.05) is 6.07 Å². The van der Waals surface area contributed by atoms with Crippen molar-refractivity contribution in [3.05, 3.63) is 29.6 Å². The van der Waals surface area contributed by atoms with E-state index in [4.69, 9.17) is 5.11 Å². The molecule has 0 amide bonds. The summed E-state index contributed by atoms with van der Waals surface area (Å²) in [6, 6.07) is 3.63. The molecular weight excluding hydrogens is 245 g/mol. The lowest BCUT2D eigenvalue weighted by atomic mass is 10.2. The van der Waals surface area contributed by atoms with E-state index in [1.54, 1.807) is 6.92 Å². The molecule has 1 aromatic rings. The summed E-state index contributed by atoms with van der Waals surface area (Å²) in [7, 11) is -3.77. The number of aryl methyl sites for hydroxylation is 1. The summed E-state index contributed by atoms with van der Waals surface area (Å²) < 4.78 is 39.6. The Balaban J connectivity index is 2.35. The highest BCUT2D eigenvalue weighted by Crippen LogP contribution is 2.36. The first-order chi connectivity index (χ1) is 7.88. The molecule has 1 saturated carbocycles. The van der Waals surface area contributed by atoms with Crippen LogP contribution in [0.15, 0.2) is 23.1 Å². The van der Waals surface area contributed by atoms with Crippen molar-refractivity contribution in [2.45, 2.75) is 30.2 Å². The van der Waals surface area contributed by atoms with E-state index in [0.29, 0.717) is 18.4 Å². The molecule has 0 spiro atoms. The van der Waals surface area contributed by atoms with Crippen LogP contribution in [0, 0.1) is 12.7 Å². The molecule has 0 radical (unpaired) electrons. The molecule has 17 heavy (non-hydrogen) atoms. The summed E-state index contributed by atoms with van der Waals surface area (Å²) >= 11 is 0. The Morgan fingerprint density at radius 1 is 1.47 bits per heavy atom. The van der Waals surface area contributed by atoms with Gasteiger partial charge in [-0.2, -0.15) is 0 Å². The molecule has 2 rings (SSSR count). The summed E-state index contributed by atoms with van der Waals surface area (Å²) in [5.74, 6) is -0.593. The van der Waals surface area contributed by atoms with E-state index >= 15 is 0 Å². The number of benzene rings is 1. The third kappa shape index (κ3) is 2.48. The standard InChI is InChI=1S/C11H14FNO3S/c1-8-2-3-9(12)6-10(8)17(15,16)13-11(7-14)4-5-11/h2-3,6,13-14H,4-5,7H2,1H3. The SMILES string of the molecule is Cc1ccc(F)cc1S(=O)(=O)NC1(CO)CC1. The normalized spacial score (nSPS) is 18.1. The van der Waals surface area contributed by atoms with Gasteiger partial charge < -0.3 is 5.11 Å². The number of halogens is 1. The number of hydrogen-bond donors (Lipinski definition) is 2. The van der Waals surface area contributed by atoms with Gasteiger partial charge in [0, 0.05) is 0 Å². The fraction of sp³-hybridized carbons (Fsp3) is 0.455. The zero-order valence-corrected chi connectivity index (χ0v) is 10.2. The predicted molar refractivity (Wildman–Crippen MR) is 60.5 cm³/mol. The fourth-order valence-corrected chi connectivity index (χ4v) is 3.36. The Labute approximate surface area is 99.5 Å². The second-order valence-corrected chi connectivity index (χ2v) is 6.10. The molecule has 0 aliphatic heterocycles. The molecule has 0 heterocycles. The molecule has 1 aromatic carbocycles. The first-order valence-electron chi connectivity index (χ1n) is 5.30. The third-order valence-corrected chi connectivity index (χ3v) is 4.67. The van der Waals surface area contributed by atoms with Crippen LogP contribution >= 0.6 is 0 Å². The number of sulfonamides is 1. The van der Waals surface area contributed by atoms with Crippen molar-refractivity contribution in [2.24, 2.45) is 0 Å². The van der Waals surface area contributed by atoms with E-state index in [9.17, 15) is 12.8 Å². The lowest BCUT2D eigenvalue weighted by molar-refractivity contribution is 0.246. The van der Waals surface area contributed by atoms with Crippen molar-refractivity contribution < 1.29 is 17.9 Å². The van der Waals surface area contributed by atoms with Crippen LogP contribution < -0.4 is 4.72 Å². The maximum Gasteiger partial charge on any atom is 0.241 e. The van der Waals surface area contributed by atoms with E-state index in [1.165, 1.54) is 12.1 Å².